The molecule has 4 N–H and O–H groups in total. The van der Waals surface area contributed by atoms with Crippen molar-refractivity contribution in [3.63, 3.8) is 0 Å². The summed E-state index contributed by atoms with van der Waals surface area (Å²) in [4.78, 5) is 18.6. The number of benzene rings is 2. The zero-order valence-corrected chi connectivity index (χ0v) is 11.8. The van der Waals surface area contributed by atoms with E-state index in [-0.39, 0.29) is 11.4 Å². The third kappa shape index (κ3) is 2.69. The Labute approximate surface area is 126 Å². The summed E-state index contributed by atoms with van der Waals surface area (Å²) in [7, 11) is 0. The molecule has 1 heterocycles. The zero-order chi connectivity index (χ0) is 15.5. The van der Waals surface area contributed by atoms with Crippen molar-refractivity contribution in [2.24, 2.45) is 4.99 Å². The molecule has 0 spiro atoms. The first kappa shape index (κ1) is 13.9. The van der Waals surface area contributed by atoms with Crippen LogP contribution in [0.1, 0.15) is 11.1 Å². The standard InChI is InChI=1S/C17H15N3O2/c18-12-7-5-11(6-8-12)9-19-10-15-13-3-1-2-4-14(13)16(21)20-17(15)22/h1-8,10H,9,18H2,(H2,20,21,22). The highest BCUT2D eigenvalue weighted by atomic mass is 16.3. The first-order chi connectivity index (χ1) is 10.6. The predicted molar refractivity (Wildman–Crippen MR) is 88.4 cm³/mol. The van der Waals surface area contributed by atoms with E-state index < -0.39 is 0 Å². The number of aliphatic imine (C=N–C) groups is 1. The number of aromatic nitrogens is 1. The summed E-state index contributed by atoms with van der Waals surface area (Å²) >= 11 is 0. The lowest BCUT2D eigenvalue weighted by Crippen LogP contribution is -2.07. The predicted octanol–water partition coefficient (Wildman–Crippen LogP) is 2.44. The molecule has 0 fully saturated rings. The molecule has 0 aliphatic carbocycles. The summed E-state index contributed by atoms with van der Waals surface area (Å²) in [5, 5.41) is 11.2. The van der Waals surface area contributed by atoms with Gasteiger partial charge in [0.1, 0.15) is 0 Å². The van der Waals surface area contributed by atoms with Gasteiger partial charge in [-0.05, 0) is 23.8 Å². The fraction of sp³-hybridized carbons (Fsp3) is 0.0588. The molecule has 22 heavy (non-hydrogen) atoms. The van der Waals surface area contributed by atoms with Crippen LogP contribution in [0.4, 0.5) is 5.69 Å². The molecule has 0 atom stereocenters. The number of hydrogen-bond donors (Lipinski definition) is 3. The molecule has 0 saturated carbocycles. The lowest BCUT2D eigenvalue weighted by molar-refractivity contribution is 0.452. The number of aromatic hydroxyl groups is 1. The van der Waals surface area contributed by atoms with E-state index in [0.29, 0.717) is 28.6 Å². The summed E-state index contributed by atoms with van der Waals surface area (Å²) in [5.41, 5.74) is 7.54. The van der Waals surface area contributed by atoms with E-state index in [9.17, 15) is 9.90 Å². The van der Waals surface area contributed by atoms with Crippen LogP contribution in [0.2, 0.25) is 0 Å². The largest absolute Gasteiger partial charge is 0.494 e. The molecular formula is C17H15N3O2. The molecule has 1 aromatic heterocycles. The molecule has 0 saturated heterocycles. The van der Waals surface area contributed by atoms with E-state index in [4.69, 9.17) is 5.73 Å². The van der Waals surface area contributed by atoms with E-state index in [1.165, 1.54) is 0 Å². The Morgan fingerprint density at radius 2 is 1.77 bits per heavy atom. The first-order valence-corrected chi connectivity index (χ1v) is 6.83. The lowest BCUT2D eigenvalue weighted by atomic mass is 10.1. The van der Waals surface area contributed by atoms with Gasteiger partial charge in [-0.25, -0.2) is 0 Å². The Morgan fingerprint density at radius 3 is 2.50 bits per heavy atom. The lowest BCUT2D eigenvalue weighted by Gasteiger charge is -2.04. The van der Waals surface area contributed by atoms with Crippen molar-refractivity contribution >= 4 is 22.7 Å². The van der Waals surface area contributed by atoms with Crippen molar-refractivity contribution in [2.75, 3.05) is 5.73 Å². The highest BCUT2D eigenvalue weighted by Crippen LogP contribution is 2.20. The maximum absolute atomic E-state index is 11.8. The average Bonchev–Trinajstić information content (AvgIpc) is 2.52. The van der Waals surface area contributed by atoms with Gasteiger partial charge in [0.25, 0.3) is 5.56 Å². The number of nitrogens with one attached hydrogen (secondary N) is 1. The molecule has 110 valence electrons. The van der Waals surface area contributed by atoms with Crippen LogP contribution < -0.4 is 11.3 Å². The van der Waals surface area contributed by atoms with Crippen molar-refractivity contribution in [3.8, 4) is 5.88 Å². The Hall–Kier alpha value is -3.08. The fourth-order valence-corrected chi connectivity index (χ4v) is 2.28. The number of nitrogen functional groups attached to an aromatic ring is 1. The minimum atomic E-state index is -0.316. The molecule has 2 aromatic carbocycles. The maximum atomic E-state index is 11.8. The van der Waals surface area contributed by atoms with E-state index >= 15 is 0 Å². The fourth-order valence-electron chi connectivity index (χ4n) is 2.28. The summed E-state index contributed by atoms with van der Waals surface area (Å²) in [6.45, 7) is 0.465. The molecule has 5 heteroatoms. The van der Waals surface area contributed by atoms with Gasteiger partial charge in [0, 0.05) is 22.7 Å². The van der Waals surface area contributed by atoms with Gasteiger partial charge in [0.05, 0.1) is 12.1 Å². The number of nitrogens with two attached hydrogens (primary N) is 1. The zero-order valence-electron chi connectivity index (χ0n) is 11.8. The molecule has 0 amide bonds. The van der Waals surface area contributed by atoms with E-state index in [1.807, 2.05) is 30.3 Å². The van der Waals surface area contributed by atoms with E-state index in [1.54, 1.807) is 24.4 Å². The average molecular weight is 293 g/mol. The number of hydrogen-bond acceptors (Lipinski definition) is 4. The van der Waals surface area contributed by atoms with Crippen molar-refractivity contribution in [2.45, 2.75) is 6.54 Å². The van der Waals surface area contributed by atoms with Crippen molar-refractivity contribution in [3.05, 3.63) is 70.0 Å². The van der Waals surface area contributed by atoms with Gasteiger partial charge >= 0.3 is 0 Å². The van der Waals surface area contributed by atoms with Gasteiger partial charge < -0.3 is 10.8 Å². The second kappa shape index (κ2) is 5.73. The molecule has 0 unspecified atom stereocenters. The number of rotatable bonds is 3. The van der Waals surface area contributed by atoms with Gasteiger partial charge in [-0.15, -0.1) is 0 Å². The summed E-state index contributed by atoms with van der Waals surface area (Å²) in [6, 6.07) is 14.5. The molecule has 3 aromatic rings. The van der Waals surface area contributed by atoms with Crippen LogP contribution in [-0.4, -0.2) is 16.3 Å². The second-order valence-corrected chi connectivity index (χ2v) is 4.97. The minimum Gasteiger partial charge on any atom is -0.494 e. The van der Waals surface area contributed by atoms with Gasteiger partial charge in [-0.3, -0.25) is 14.8 Å². The smallest absolute Gasteiger partial charge is 0.258 e. The molecule has 5 nitrogen and oxygen atoms in total. The van der Waals surface area contributed by atoms with E-state index in [0.717, 1.165) is 5.56 Å². The van der Waals surface area contributed by atoms with Crippen LogP contribution in [-0.2, 0) is 6.54 Å². The van der Waals surface area contributed by atoms with E-state index in [2.05, 4.69) is 9.98 Å². The van der Waals surface area contributed by atoms with Crippen molar-refractivity contribution in [1.29, 1.82) is 0 Å². The normalized spacial score (nSPS) is 11.3. The number of pyridine rings is 1. The number of fused-ring (bicyclic) bond motifs is 1. The Morgan fingerprint density at radius 1 is 1.09 bits per heavy atom. The monoisotopic (exact) mass is 293 g/mol. The Balaban J connectivity index is 1.95. The summed E-state index contributed by atoms with van der Waals surface area (Å²) < 4.78 is 0. The summed E-state index contributed by atoms with van der Waals surface area (Å²) in [5.74, 6) is -0.176. The molecule has 3 rings (SSSR count). The maximum Gasteiger partial charge on any atom is 0.258 e. The third-order valence-corrected chi connectivity index (χ3v) is 3.42. The van der Waals surface area contributed by atoms with Crippen molar-refractivity contribution in [1.82, 2.24) is 4.98 Å². The van der Waals surface area contributed by atoms with Crippen LogP contribution in [0, 0.1) is 0 Å². The second-order valence-electron chi connectivity index (χ2n) is 4.97. The highest BCUT2D eigenvalue weighted by Gasteiger charge is 2.08. The molecule has 0 aliphatic rings. The molecule has 0 radical (unpaired) electrons. The third-order valence-electron chi connectivity index (χ3n) is 3.42. The van der Waals surface area contributed by atoms with Crippen LogP contribution in [0.15, 0.2) is 58.3 Å². The Bertz CT molecular complexity index is 896. The Kier molecular flexibility index (Phi) is 3.62. The van der Waals surface area contributed by atoms with Crippen LogP contribution in [0.3, 0.4) is 0 Å². The number of anilines is 1. The SMILES string of the molecule is Nc1ccc(CN=Cc2c(O)[nH]c(=O)c3ccccc23)cc1. The molecule has 0 bridgehead atoms. The number of nitrogens with zero attached hydrogens (tertiary/aromatic N) is 1. The minimum absolute atomic E-state index is 0.176. The van der Waals surface area contributed by atoms with Crippen LogP contribution >= 0.6 is 0 Å². The quantitative estimate of drug-likeness (QED) is 0.511. The molecule has 0 aliphatic heterocycles. The van der Waals surface area contributed by atoms with Gasteiger partial charge in [0.15, 0.2) is 0 Å². The van der Waals surface area contributed by atoms with Crippen molar-refractivity contribution < 1.29 is 5.11 Å². The van der Waals surface area contributed by atoms with Gasteiger partial charge in [-0.2, -0.15) is 0 Å². The number of H-pyrrole nitrogens is 1. The topological polar surface area (TPSA) is 91.5 Å². The van der Waals surface area contributed by atoms with Crippen LogP contribution in [0.5, 0.6) is 5.88 Å². The number of aromatic amines is 1. The highest BCUT2D eigenvalue weighted by molar-refractivity contribution is 6.01. The van der Waals surface area contributed by atoms with Crippen LogP contribution in [0.25, 0.3) is 10.8 Å². The van der Waals surface area contributed by atoms with Gasteiger partial charge in [-0.1, -0.05) is 30.3 Å². The first-order valence-electron chi connectivity index (χ1n) is 6.83. The summed E-state index contributed by atoms with van der Waals surface area (Å²) in [6.07, 6.45) is 1.57. The molecular weight excluding hydrogens is 278 g/mol. The van der Waals surface area contributed by atoms with Gasteiger partial charge in [0.2, 0.25) is 5.88 Å².